The number of fused-ring (bicyclic) bond motifs is 3. The molecular weight excluding hydrogens is 200 g/mol. The SMILES string of the molecule is COc1cnc2c3c(ccc2n1)CCC=C3. The van der Waals surface area contributed by atoms with Crippen molar-refractivity contribution in [3.63, 3.8) is 0 Å². The van der Waals surface area contributed by atoms with Crippen LogP contribution in [-0.2, 0) is 6.42 Å². The number of hydrogen-bond acceptors (Lipinski definition) is 3. The third-order valence-corrected chi connectivity index (χ3v) is 2.89. The van der Waals surface area contributed by atoms with E-state index in [2.05, 4.69) is 28.2 Å². The lowest BCUT2D eigenvalue weighted by molar-refractivity contribution is 0.397. The van der Waals surface area contributed by atoms with Gasteiger partial charge >= 0.3 is 0 Å². The van der Waals surface area contributed by atoms with Crippen molar-refractivity contribution in [2.24, 2.45) is 0 Å². The van der Waals surface area contributed by atoms with Crippen LogP contribution >= 0.6 is 0 Å². The van der Waals surface area contributed by atoms with Gasteiger partial charge in [-0.25, -0.2) is 9.97 Å². The van der Waals surface area contributed by atoms with E-state index in [-0.39, 0.29) is 0 Å². The first-order valence-corrected chi connectivity index (χ1v) is 5.37. The Balaban J connectivity index is 2.29. The lowest BCUT2D eigenvalue weighted by atomic mass is 9.96. The number of hydrogen-bond donors (Lipinski definition) is 0. The number of aromatic nitrogens is 2. The summed E-state index contributed by atoms with van der Waals surface area (Å²) in [6, 6.07) is 4.15. The fourth-order valence-electron chi connectivity index (χ4n) is 2.07. The van der Waals surface area contributed by atoms with Gasteiger partial charge in [0, 0.05) is 5.56 Å². The highest BCUT2D eigenvalue weighted by Crippen LogP contribution is 2.26. The van der Waals surface area contributed by atoms with E-state index in [1.807, 2.05) is 6.07 Å². The van der Waals surface area contributed by atoms with Crippen LogP contribution < -0.4 is 4.74 Å². The van der Waals surface area contributed by atoms with Crippen LogP contribution in [0.3, 0.4) is 0 Å². The van der Waals surface area contributed by atoms with Gasteiger partial charge in [0.1, 0.15) is 0 Å². The van der Waals surface area contributed by atoms with Gasteiger partial charge in [0.05, 0.1) is 24.3 Å². The molecule has 1 aliphatic rings. The Morgan fingerprint density at radius 2 is 2.25 bits per heavy atom. The van der Waals surface area contributed by atoms with E-state index in [4.69, 9.17) is 4.74 Å². The summed E-state index contributed by atoms with van der Waals surface area (Å²) in [6.07, 6.45) is 8.21. The number of ether oxygens (including phenoxy) is 1. The minimum atomic E-state index is 0.562. The molecule has 1 aromatic heterocycles. The Hall–Kier alpha value is -1.90. The van der Waals surface area contributed by atoms with E-state index in [1.54, 1.807) is 13.3 Å². The van der Waals surface area contributed by atoms with Crippen LogP contribution in [0.25, 0.3) is 17.1 Å². The van der Waals surface area contributed by atoms with Crippen molar-refractivity contribution >= 4 is 17.1 Å². The van der Waals surface area contributed by atoms with Crippen molar-refractivity contribution < 1.29 is 4.74 Å². The Labute approximate surface area is 93.8 Å². The van der Waals surface area contributed by atoms with Crippen LogP contribution in [0, 0.1) is 0 Å². The Morgan fingerprint density at radius 1 is 1.31 bits per heavy atom. The molecule has 3 rings (SSSR count). The zero-order valence-electron chi connectivity index (χ0n) is 9.10. The first kappa shape index (κ1) is 9.33. The Kier molecular flexibility index (Phi) is 2.10. The van der Waals surface area contributed by atoms with Gasteiger partial charge in [0.25, 0.3) is 0 Å². The summed E-state index contributed by atoms with van der Waals surface area (Å²) >= 11 is 0. The smallest absolute Gasteiger partial charge is 0.232 e. The molecule has 0 N–H and O–H groups in total. The number of nitrogens with zero attached hydrogens (tertiary/aromatic N) is 2. The van der Waals surface area contributed by atoms with Gasteiger partial charge in [0.15, 0.2) is 0 Å². The van der Waals surface area contributed by atoms with Gasteiger partial charge in [0.2, 0.25) is 5.88 Å². The topological polar surface area (TPSA) is 35.0 Å². The maximum atomic E-state index is 5.07. The minimum absolute atomic E-state index is 0.562. The lowest BCUT2D eigenvalue weighted by Gasteiger charge is -2.12. The monoisotopic (exact) mass is 212 g/mol. The molecule has 0 aliphatic heterocycles. The van der Waals surface area contributed by atoms with E-state index in [9.17, 15) is 0 Å². The third-order valence-electron chi connectivity index (χ3n) is 2.89. The molecule has 3 heteroatoms. The first-order valence-electron chi connectivity index (χ1n) is 5.37. The zero-order valence-corrected chi connectivity index (χ0v) is 9.10. The predicted molar refractivity (Wildman–Crippen MR) is 63.4 cm³/mol. The quantitative estimate of drug-likeness (QED) is 0.728. The first-order chi connectivity index (χ1) is 7.88. The molecule has 0 radical (unpaired) electrons. The van der Waals surface area contributed by atoms with Crippen molar-refractivity contribution in [1.29, 1.82) is 0 Å². The second-order valence-electron chi connectivity index (χ2n) is 3.86. The normalized spacial score (nSPS) is 13.8. The average Bonchev–Trinajstić information content (AvgIpc) is 2.38. The number of allylic oxidation sites excluding steroid dienone is 1. The highest BCUT2D eigenvalue weighted by Gasteiger charge is 2.10. The van der Waals surface area contributed by atoms with E-state index < -0.39 is 0 Å². The average molecular weight is 212 g/mol. The molecule has 2 aromatic rings. The highest BCUT2D eigenvalue weighted by atomic mass is 16.5. The number of benzene rings is 1. The standard InChI is InChI=1S/C13H12N2O/c1-16-12-8-14-13-10-5-3-2-4-9(10)6-7-11(13)15-12/h3,5-8H,2,4H2,1H3. The Bertz CT molecular complexity index is 575. The zero-order chi connectivity index (χ0) is 11.0. The van der Waals surface area contributed by atoms with Crippen molar-refractivity contribution in [1.82, 2.24) is 9.97 Å². The molecule has 0 unspecified atom stereocenters. The molecule has 16 heavy (non-hydrogen) atoms. The molecule has 0 bridgehead atoms. The third kappa shape index (κ3) is 1.36. The van der Waals surface area contributed by atoms with Crippen molar-refractivity contribution in [2.75, 3.05) is 7.11 Å². The van der Waals surface area contributed by atoms with Crippen LogP contribution in [0.15, 0.2) is 24.4 Å². The fourth-order valence-corrected chi connectivity index (χ4v) is 2.07. The molecule has 1 heterocycles. The van der Waals surface area contributed by atoms with E-state index in [0.29, 0.717) is 5.88 Å². The fraction of sp³-hybridized carbons (Fsp3) is 0.231. The number of rotatable bonds is 1. The molecule has 0 saturated heterocycles. The summed E-state index contributed by atoms with van der Waals surface area (Å²) in [4.78, 5) is 8.81. The van der Waals surface area contributed by atoms with Crippen LogP contribution in [0.4, 0.5) is 0 Å². The molecule has 1 aromatic carbocycles. The van der Waals surface area contributed by atoms with E-state index in [1.165, 1.54) is 11.1 Å². The minimum Gasteiger partial charge on any atom is -0.480 e. The summed E-state index contributed by atoms with van der Waals surface area (Å²) in [6.45, 7) is 0. The van der Waals surface area contributed by atoms with Crippen LogP contribution in [0.1, 0.15) is 17.5 Å². The van der Waals surface area contributed by atoms with E-state index in [0.717, 1.165) is 23.9 Å². The van der Waals surface area contributed by atoms with Crippen LogP contribution in [-0.4, -0.2) is 17.1 Å². The summed E-state index contributed by atoms with van der Waals surface area (Å²) in [5.74, 6) is 0.562. The van der Waals surface area contributed by atoms with Crippen molar-refractivity contribution in [3.05, 3.63) is 35.5 Å². The van der Waals surface area contributed by atoms with E-state index >= 15 is 0 Å². The molecule has 3 nitrogen and oxygen atoms in total. The van der Waals surface area contributed by atoms with Gasteiger partial charge in [-0.05, 0) is 24.5 Å². The summed E-state index contributed by atoms with van der Waals surface area (Å²) in [5, 5.41) is 0. The molecule has 0 spiro atoms. The maximum Gasteiger partial charge on any atom is 0.232 e. The predicted octanol–water partition coefficient (Wildman–Crippen LogP) is 2.60. The second kappa shape index (κ2) is 3.59. The largest absolute Gasteiger partial charge is 0.480 e. The molecule has 0 atom stereocenters. The van der Waals surface area contributed by atoms with Gasteiger partial charge in [-0.3, -0.25) is 0 Å². The summed E-state index contributed by atoms with van der Waals surface area (Å²) in [7, 11) is 1.61. The van der Waals surface area contributed by atoms with Crippen LogP contribution in [0.2, 0.25) is 0 Å². The van der Waals surface area contributed by atoms with Gasteiger partial charge in [-0.15, -0.1) is 0 Å². The summed E-state index contributed by atoms with van der Waals surface area (Å²) in [5.41, 5.74) is 4.42. The number of aryl methyl sites for hydroxylation is 1. The van der Waals surface area contributed by atoms with Crippen molar-refractivity contribution in [2.45, 2.75) is 12.8 Å². The molecular formula is C13H12N2O. The summed E-state index contributed by atoms with van der Waals surface area (Å²) < 4.78 is 5.07. The van der Waals surface area contributed by atoms with Crippen molar-refractivity contribution in [3.8, 4) is 5.88 Å². The molecule has 0 saturated carbocycles. The lowest BCUT2D eigenvalue weighted by Crippen LogP contribution is -1.98. The van der Waals surface area contributed by atoms with Gasteiger partial charge in [-0.1, -0.05) is 18.2 Å². The molecule has 1 aliphatic carbocycles. The molecule has 0 fully saturated rings. The maximum absolute atomic E-state index is 5.07. The second-order valence-corrected chi connectivity index (χ2v) is 3.86. The van der Waals surface area contributed by atoms with Crippen LogP contribution in [0.5, 0.6) is 5.88 Å². The Morgan fingerprint density at radius 3 is 3.12 bits per heavy atom. The highest BCUT2D eigenvalue weighted by molar-refractivity contribution is 5.86. The number of methoxy groups -OCH3 is 1. The van der Waals surface area contributed by atoms with Gasteiger partial charge in [-0.2, -0.15) is 0 Å². The molecule has 80 valence electrons. The van der Waals surface area contributed by atoms with Gasteiger partial charge < -0.3 is 4.74 Å². The molecule has 0 amide bonds.